The lowest BCUT2D eigenvalue weighted by atomic mass is 9.91. The van der Waals surface area contributed by atoms with E-state index in [1.54, 1.807) is 27.7 Å². The minimum absolute atomic E-state index is 0. The fraction of sp³-hybridized carbons (Fsp3) is 1.00. The molecule has 14 heteroatoms. The molecule has 0 aromatic heterocycles. The van der Waals surface area contributed by atoms with E-state index in [0.717, 1.165) is 0 Å². The molecule has 0 radical (unpaired) electrons. The van der Waals surface area contributed by atoms with Crippen molar-refractivity contribution in [1.82, 2.24) is 0 Å². The Hall–Kier alpha value is -0.560. The molecule has 0 bridgehead atoms. The van der Waals surface area contributed by atoms with E-state index in [0.29, 0.717) is 19.8 Å². The molecule has 0 aromatic rings. The zero-order valence-electron chi connectivity index (χ0n) is 25.2. The van der Waals surface area contributed by atoms with Crippen molar-refractivity contribution in [2.45, 2.75) is 167 Å². The first kappa shape index (κ1) is 58.6. The van der Waals surface area contributed by atoms with Crippen LogP contribution in [0, 0.1) is 17.8 Å². The smallest absolute Gasteiger partial charge is 0.186 e. The summed E-state index contributed by atoms with van der Waals surface area (Å²) in [7, 11) is 0. The van der Waals surface area contributed by atoms with Crippen LogP contribution in [0.2, 0.25) is 0 Å². The van der Waals surface area contributed by atoms with Crippen LogP contribution in [0.1, 0.15) is 93.0 Å². The van der Waals surface area contributed by atoms with Crippen molar-refractivity contribution < 1.29 is 69.3 Å². The van der Waals surface area contributed by atoms with Crippen molar-refractivity contribution in [3.05, 3.63) is 0 Å². The number of aliphatic hydroxyl groups is 8. The molecule has 3 fully saturated rings. The molecule has 0 spiro atoms. The van der Waals surface area contributed by atoms with E-state index in [9.17, 15) is 30.6 Å². The quantitative estimate of drug-likeness (QED) is 0.182. The van der Waals surface area contributed by atoms with Gasteiger partial charge in [-0.1, -0.05) is 58.4 Å². The lowest BCUT2D eigenvalue weighted by molar-refractivity contribution is -0.286. The van der Waals surface area contributed by atoms with Gasteiger partial charge in [-0.3, -0.25) is 0 Å². The molecule has 14 nitrogen and oxygen atoms in total. The lowest BCUT2D eigenvalue weighted by Gasteiger charge is -2.40. The van der Waals surface area contributed by atoms with Crippen LogP contribution in [0.15, 0.2) is 0 Å². The maximum atomic E-state index is 9.63. The molecule has 3 heterocycles. The van der Waals surface area contributed by atoms with E-state index >= 15 is 0 Å². The van der Waals surface area contributed by atoms with Gasteiger partial charge in [-0.15, -0.1) is 0 Å². The van der Waals surface area contributed by atoms with Gasteiger partial charge in [-0.05, 0) is 34.6 Å². The Balaban J connectivity index is -0.000000126. The summed E-state index contributed by atoms with van der Waals surface area (Å²) in [5.74, 6) is -0.945. The normalized spacial score (nSPS) is 39.0. The molecule has 0 aliphatic carbocycles. The maximum absolute atomic E-state index is 9.63. The summed E-state index contributed by atoms with van der Waals surface area (Å²) >= 11 is 0. The van der Waals surface area contributed by atoms with E-state index in [-0.39, 0.29) is 75.7 Å². The predicted molar refractivity (Wildman–Crippen MR) is 185 cm³/mol. The van der Waals surface area contributed by atoms with E-state index < -0.39 is 73.6 Å². The summed E-state index contributed by atoms with van der Waals surface area (Å²) in [4.78, 5) is 0. The van der Waals surface area contributed by atoms with Crippen molar-refractivity contribution in [3.8, 4) is 0 Å². The Labute approximate surface area is 286 Å². The molecule has 3 saturated heterocycles. The number of rotatable bonds is 8. The molecule has 47 heavy (non-hydrogen) atoms. The van der Waals surface area contributed by atoms with Crippen molar-refractivity contribution >= 4 is 0 Å². The summed E-state index contributed by atoms with van der Waals surface area (Å²) in [5.41, 5.74) is 0. The van der Waals surface area contributed by atoms with Gasteiger partial charge in [0.15, 0.2) is 18.9 Å². The molecule has 294 valence electrons. The second-order valence-electron chi connectivity index (χ2n) is 10.5. The molecule has 15 atom stereocenters. The van der Waals surface area contributed by atoms with Crippen LogP contribution in [-0.2, 0) is 28.4 Å². The summed E-state index contributed by atoms with van der Waals surface area (Å²) < 4.78 is 31.5. The van der Waals surface area contributed by atoms with Gasteiger partial charge >= 0.3 is 0 Å². The minimum atomic E-state index is -1.05. The highest BCUT2D eigenvalue weighted by Crippen LogP contribution is 2.28. The average molecular weight is 699 g/mol. The van der Waals surface area contributed by atoms with Crippen molar-refractivity contribution in [2.24, 2.45) is 17.8 Å². The third kappa shape index (κ3) is 16.3. The highest BCUT2D eigenvalue weighted by molar-refractivity contribution is 4.88. The number of ether oxygens (including phenoxy) is 6. The van der Waals surface area contributed by atoms with Crippen molar-refractivity contribution in [3.63, 3.8) is 0 Å². The average Bonchev–Trinajstić information content (AvgIpc) is 2.95. The molecule has 0 aromatic carbocycles. The second-order valence-corrected chi connectivity index (χ2v) is 10.5. The highest BCUT2D eigenvalue weighted by atomic mass is 16.7. The molecule has 3 aliphatic heterocycles. The Kier molecular flexibility index (Phi) is 36.4. The third-order valence-corrected chi connectivity index (χ3v) is 7.67. The number of aliphatic hydroxyl groups excluding tert-OH is 8. The third-order valence-electron chi connectivity index (χ3n) is 7.67. The molecular formula is C33H78O14. The molecule has 0 saturated carbocycles. The topological polar surface area (TPSA) is 217 Å². The van der Waals surface area contributed by atoms with Crippen LogP contribution in [0.3, 0.4) is 0 Å². The van der Waals surface area contributed by atoms with Crippen LogP contribution in [0.25, 0.3) is 0 Å². The Morgan fingerprint density at radius 2 is 0.830 bits per heavy atom. The van der Waals surface area contributed by atoms with Crippen LogP contribution < -0.4 is 0 Å². The van der Waals surface area contributed by atoms with Crippen LogP contribution in [0.4, 0.5) is 0 Å². The van der Waals surface area contributed by atoms with E-state index in [4.69, 9.17) is 38.6 Å². The molecule has 0 amide bonds. The molecule has 8 N–H and O–H groups in total. The van der Waals surface area contributed by atoms with Gasteiger partial charge < -0.3 is 69.3 Å². The summed E-state index contributed by atoms with van der Waals surface area (Å²) in [6, 6.07) is 0. The minimum Gasteiger partial charge on any atom is -0.396 e. The summed E-state index contributed by atoms with van der Waals surface area (Å²) in [6.45, 7) is 13.3. The number of hydrogen-bond donors (Lipinski definition) is 8. The Bertz CT molecular complexity index is 688. The van der Waals surface area contributed by atoms with Gasteiger partial charge in [0.1, 0.15) is 18.3 Å². The SMILES string of the molecule is C.C.C.C.C.C.CCOC1OC(C)C(C)C(O)C1O.CCOC1OC(C)C(O)C(O)C1CO.CCOC1OC(CO)C(C)C(O)C1O. The van der Waals surface area contributed by atoms with Gasteiger partial charge in [0.05, 0.1) is 55.8 Å². The van der Waals surface area contributed by atoms with E-state index in [2.05, 4.69) is 0 Å². The zero-order valence-corrected chi connectivity index (χ0v) is 25.2. The largest absolute Gasteiger partial charge is 0.396 e. The fourth-order valence-electron chi connectivity index (χ4n) is 4.65. The summed E-state index contributed by atoms with van der Waals surface area (Å²) in [6.07, 6.45) is -8.86. The van der Waals surface area contributed by atoms with Crippen LogP contribution in [0.5, 0.6) is 0 Å². The first-order valence-electron chi connectivity index (χ1n) is 14.4. The second kappa shape index (κ2) is 29.2. The Morgan fingerprint density at radius 1 is 0.447 bits per heavy atom. The monoisotopic (exact) mass is 699 g/mol. The van der Waals surface area contributed by atoms with Crippen LogP contribution >= 0.6 is 0 Å². The standard InChI is InChI=1S/2C9H18O5.C9H18O4.6CH4/c1-3-13-9-6(4-10)8(12)7(11)5(2)14-9;1-3-13-9-8(12)7(11)5(2)6(4-10)14-9;1-4-12-9-8(11)7(10)5(2)6(3)13-9;;;;;;/h2*5-12H,3-4H2,1-2H3;5-11H,4H2,1-3H3;6*1H4. The number of hydrogen-bond acceptors (Lipinski definition) is 14. The zero-order chi connectivity index (χ0) is 31.4. The maximum Gasteiger partial charge on any atom is 0.186 e. The van der Waals surface area contributed by atoms with E-state index in [1.807, 2.05) is 20.8 Å². The van der Waals surface area contributed by atoms with Gasteiger partial charge in [-0.25, -0.2) is 0 Å². The summed E-state index contributed by atoms with van der Waals surface area (Å²) in [5, 5.41) is 75.5. The van der Waals surface area contributed by atoms with Crippen molar-refractivity contribution in [1.29, 1.82) is 0 Å². The molecular weight excluding hydrogens is 620 g/mol. The van der Waals surface area contributed by atoms with Gasteiger partial charge in [0, 0.05) is 31.7 Å². The fourth-order valence-corrected chi connectivity index (χ4v) is 4.65. The molecule has 3 rings (SSSR count). The van der Waals surface area contributed by atoms with E-state index in [1.165, 1.54) is 0 Å². The first-order valence-corrected chi connectivity index (χ1v) is 14.4. The molecule has 15 unspecified atom stereocenters. The lowest BCUT2D eigenvalue weighted by Crippen LogP contribution is -2.55. The van der Waals surface area contributed by atoms with Gasteiger partial charge in [0.25, 0.3) is 0 Å². The molecule has 3 aliphatic rings. The van der Waals surface area contributed by atoms with Crippen LogP contribution in [-0.4, -0.2) is 148 Å². The van der Waals surface area contributed by atoms with Gasteiger partial charge in [0.2, 0.25) is 0 Å². The Morgan fingerprint density at radius 3 is 1.23 bits per heavy atom. The first-order chi connectivity index (χ1) is 19.3. The highest BCUT2D eigenvalue weighted by Gasteiger charge is 2.44. The predicted octanol–water partition coefficient (Wildman–Crippen LogP) is 2.14. The van der Waals surface area contributed by atoms with Gasteiger partial charge in [-0.2, -0.15) is 0 Å². The van der Waals surface area contributed by atoms with Crippen molar-refractivity contribution in [2.75, 3.05) is 33.0 Å².